The van der Waals surface area contributed by atoms with E-state index < -0.39 is 0 Å². The molecule has 1 aromatic rings. The van der Waals surface area contributed by atoms with E-state index in [0.717, 1.165) is 38.8 Å². The maximum Gasteiger partial charge on any atom is 0.123 e. The summed E-state index contributed by atoms with van der Waals surface area (Å²) in [5, 5.41) is 9.02. The number of aromatic nitrogens is 2. The van der Waals surface area contributed by atoms with Crippen molar-refractivity contribution >= 4 is 0 Å². The van der Waals surface area contributed by atoms with Crippen LogP contribution in [0.4, 0.5) is 0 Å². The lowest BCUT2D eigenvalue weighted by Crippen LogP contribution is -2.51. The van der Waals surface area contributed by atoms with Crippen LogP contribution in [0.3, 0.4) is 0 Å². The Labute approximate surface area is 143 Å². The average Bonchev–Trinajstić information content (AvgIpc) is 3.25. The number of hydrogen-bond acceptors (Lipinski definition) is 5. The van der Waals surface area contributed by atoms with Crippen molar-refractivity contribution in [2.75, 3.05) is 26.9 Å². The summed E-state index contributed by atoms with van der Waals surface area (Å²) in [6, 6.07) is 1.05. The summed E-state index contributed by atoms with van der Waals surface area (Å²) in [5.41, 5.74) is -0.0317. The number of likely N-dealkylation sites (tertiary alicyclic amines) is 1. The van der Waals surface area contributed by atoms with Gasteiger partial charge in [-0.25, -0.2) is 4.98 Å². The smallest absolute Gasteiger partial charge is 0.123 e. The molecule has 0 bridgehead atoms. The molecule has 2 aliphatic carbocycles. The molecule has 1 saturated heterocycles. The van der Waals surface area contributed by atoms with Gasteiger partial charge >= 0.3 is 0 Å². The first-order chi connectivity index (χ1) is 11.8. The average molecular weight is 335 g/mol. The zero-order valence-electron chi connectivity index (χ0n) is 14.6. The molecule has 2 heterocycles. The number of aliphatic hydroxyl groups is 1. The number of aliphatic hydroxyl groups excluding tert-OH is 1. The van der Waals surface area contributed by atoms with Crippen molar-refractivity contribution in [1.29, 1.82) is 0 Å². The fraction of sp³-hybridized carbons (Fsp3) is 0.833. The predicted octanol–water partition coefficient (Wildman–Crippen LogP) is 1.74. The molecule has 2 saturated carbocycles. The highest BCUT2D eigenvalue weighted by atomic mass is 16.5. The highest BCUT2D eigenvalue weighted by molar-refractivity contribution is 5.08. The van der Waals surface area contributed by atoms with E-state index in [9.17, 15) is 0 Å². The van der Waals surface area contributed by atoms with Crippen LogP contribution in [0.1, 0.15) is 50.4 Å². The number of methoxy groups -OCH3 is 1. The Kier molecular flexibility index (Phi) is 4.64. The first-order valence-electron chi connectivity index (χ1n) is 9.29. The fourth-order valence-electron chi connectivity index (χ4n) is 4.65. The van der Waals surface area contributed by atoms with Crippen LogP contribution >= 0.6 is 0 Å². The lowest BCUT2D eigenvalue weighted by Gasteiger charge is -2.43. The zero-order chi connectivity index (χ0) is 16.6. The van der Waals surface area contributed by atoms with Gasteiger partial charge in [-0.1, -0.05) is 0 Å². The summed E-state index contributed by atoms with van der Waals surface area (Å²) >= 11 is 0. The lowest BCUT2D eigenvalue weighted by molar-refractivity contribution is -0.104. The molecular weight excluding hydrogens is 306 g/mol. The summed E-state index contributed by atoms with van der Waals surface area (Å²) in [4.78, 5) is 7.15. The van der Waals surface area contributed by atoms with E-state index in [-0.39, 0.29) is 18.3 Å². The Balaban J connectivity index is 1.47. The Morgan fingerprint density at radius 3 is 2.96 bits per heavy atom. The van der Waals surface area contributed by atoms with Gasteiger partial charge in [0, 0.05) is 38.1 Å². The number of ether oxygens (including phenoxy) is 2. The maximum absolute atomic E-state index is 9.02. The Morgan fingerprint density at radius 1 is 1.33 bits per heavy atom. The highest BCUT2D eigenvalue weighted by Crippen LogP contribution is 2.44. The number of hydrogen-bond donors (Lipinski definition) is 1. The van der Waals surface area contributed by atoms with Crippen LogP contribution in [0.5, 0.6) is 0 Å². The second-order valence-corrected chi connectivity index (χ2v) is 7.48. The minimum atomic E-state index is -0.0317. The van der Waals surface area contributed by atoms with Crippen LogP contribution in [-0.2, 0) is 16.0 Å². The van der Waals surface area contributed by atoms with E-state index >= 15 is 0 Å². The Hall–Kier alpha value is -0.950. The van der Waals surface area contributed by atoms with E-state index in [1.54, 1.807) is 0 Å². The van der Waals surface area contributed by atoms with E-state index in [1.165, 1.54) is 18.7 Å². The molecule has 6 heteroatoms. The normalized spacial score (nSPS) is 33.8. The lowest BCUT2D eigenvalue weighted by atomic mass is 9.79. The van der Waals surface area contributed by atoms with Crippen molar-refractivity contribution in [3.05, 3.63) is 18.2 Å². The summed E-state index contributed by atoms with van der Waals surface area (Å²) in [7, 11) is 1.86. The van der Waals surface area contributed by atoms with Gasteiger partial charge in [-0.05, 0) is 38.5 Å². The van der Waals surface area contributed by atoms with E-state index in [4.69, 9.17) is 14.6 Å². The summed E-state index contributed by atoms with van der Waals surface area (Å²) < 4.78 is 14.2. The first kappa shape index (κ1) is 16.5. The van der Waals surface area contributed by atoms with E-state index in [0.29, 0.717) is 18.7 Å². The van der Waals surface area contributed by atoms with Gasteiger partial charge in [-0.15, -0.1) is 0 Å². The molecule has 1 aromatic heterocycles. The molecule has 24 heavy (non-hydrogen) atoms. The van der Waals surface area contributed by atoms with E-state index in [2.05, 4.69) is 20.6 Å². The quantitative estimate of drug-likeness (QED) is 0.822. The molecule has 0 aromatic carbocycles. The summed E-state index contributed by atoms with van der Waals surface area (Å²) in [5.74, 6) is 1.18. The molecule has 4 rings (SSSR count). The Bertz CT molecular complexity index is 559. The number of fused-ring (bicyclic) bond motifs is 1. The van der Waals surface area contributed by atoms with Gasteiger partial charge in [0.25, 0.3) is 0 Å². The van der Waals surface area contributed by atoms with Crippen LogP contribution in [0.2, 0.25) is 0 Å². The molecule has 0 unspecified atom stereocenters. The van der Waals surface area contributed by atoms with Gasteiger partial charge in [-0.3, -0.25) is 4.90 Å². The fourth-order valence-corrected chi connectivity index (χ4v) is 4.65. The van der Waals surface area contributed by atoms with Crippen LogP contribution in [0, 0.1) is 0 Å². The maximum atomic E-state index is 9.02. The molecule has 1 aliphatic heterocycles. The van der Waals surface area contributed by atoms with Gasteiger partial charge in [0.05, 0.1) is 31.5 Å². The van der Waals surface area contributed by atoms with E-state index in [1.807, 2.05) is 13.3 Å². The predicted molar refractivity (Wildman–Crippen MR) is 89.7 cm³/mol. The molecule has 134 valence electrons. The number of nitrogens with zero attached hydrogens (tertiary/aromatic N) is 3. The van der Waals surface area contributed by atoms with Crippen LogP contribution in [0.25, 0.3) is 0 Å². The molecule has 3 fully saturated rings. The van der Waals surface area contributed by atoms with Gasteiger partial charge < -0.3 is 19.1 Å². The van der Waals surface area contributed by atoms with Crippen molar-refractivity contribution in [2.24, 2.45) is 0 Å². The number of rotatable bonds is 7. The van der Waals surface area contributed by atoms with Crippen molar-refractivity contribution in [1.82, 2.24) is 14.5 Å². The summed E-state index contributed by atoms with van der Waals surface area (Å²) in [6.45, 7) is 2.48. The van der Waals surface area contributed by atoms with Crippen LogP contribution in [-0.4, -0.2) is 64.2 Å². The number of imidazole rings is 1. The van der Waals surface area contributed by atoms with Crippen LogP contribution in [0.15, 0.2) is 12.4 Å². The third kappa shape index (κ3) is 3.01. The van der Waals surface area contributed by atoms with Crippen molar-refractivity contribution in [3.63, 3.8) is 0 Å². The topological polar surface area (TPSA) is 59.8 Å². The molecule has 6 nitrogen and oxygen atoms in total. The molecule has 1 N–H and O–H groups in total. The molecule has 0 radical (unpaired) electrons. The van der Waals surface area contributed by atoms with Crippen molar-refractivity contribution in [3.8, 4) is 0 Å². The standard InChI is InChI=1S/C18H29N3O3/c1-23-18-5-4-15(24-11-10-22)12-16(18)20(8-6-18)13-17-19-7-9-21(17)14-2-3-14/h7,9,14-16,22H,2-6,8,10-13H2,1H3/t15-,16-,18+/m0/s1. The summed E-state index contributed by atoms with van der Waals surface area (Å²) in [6.07, 6.45) is 11.0. The van der Waals surface area contributed by atoms with Gasteiger partial charge in [0.2, 0.25) is 0 Å². The first-order valence-corrected chi connectivity index (χ1v) is 9.29. The van der Waals surface area contributed by atoms with Crippen molar-refractivity contribution < 1.29 is 14.6 Å². The highest BCUT2D eigenvalue weighted by Gasteiger charge is 2.51. The molecule has 0 spiro atoms. The molecule has 3 aliphatic rings. The Morgan fingerprint density at radius 2 is 2.21 bits per heavy atom. The largest absolute Gasteiger partial charge is 0.394 e. The third-order valence-corrected chi connectivity index (χ3v) is 6.13. The minimum Gasteiger partial charge on any atom is -0.394 e. The second kappa shape index (κ2) is 6.75. The SMILES string of the molecule is CO[C@@]12CC[C@H](OCCO)C[C@@H]1N(Cc1nccn1C1CC1)CC2. The molecular formula is C18H29N3O3. The molecule has 0 amide bonds. The second-order valence-electron chi connectivity index (χ2n) is 7.48. The monoisotopic (exact) mass is 335 g/mol. The van der Waals surface area contributed by atoms with Crippen LogP contribution < -0.4 is 0 Å². The van der Waals surface area contributed by atoms with Crippen molar-refractivity contribution in [2.45, 2.75) is 68.9 Å². The van der Waals surface area contributed by atoms with Gasteiger partial charge in [0.15, 0.2) is 0 Å². The zero-order valence-corrected chi connectivity index (χ0v) is 14.6. The van der Waals surface area contributed by atoms with Gasteiger partial charge in [0.1, 0.15) is 5.82 Å². The molecule has 3 atom stereocenters. The minimum absolute atomic E-state index is 0.0317. The van der Waals surface area contributed by atoms with Gasteiger partial charge in [-0.2, -0.15) is 0 Å². The third-order valence-electron chi connectivity index (χ3n) is 6.13.